The van der Waals surface area contributed by atoms with E-state index in [1.165, 1.54) is 23.4 Å². The first-order valence-corrected chi connectivity index (χ1v) is 13.7. The second-order valence-corrected chi connectivity index (χ2v) is 14.2. The summed E-state index contributed by atoms with van der Waals surface area (Å²) in [5.41, 5.74) is -0.625. The molecule has 1 saturated heterocycles. The molecule has 2 aromatic rings. The summed E-state index contributed by atoms with van der Waals surface area (Å²) in [7, 11) is 0.342. The van der Waals surface area contributed by atoms with E-state index in [0.29, 0.717) is 5.16 Å². The lowest BCUT2D eigenvalue weighted by Gasteiger charge is -2.54. The molecular formula is C18H25N9O5S3. The Morgan fingerprint density at radius 1 is 1.11 bits per heavy atom. The molecule has 3 atom stereocenters. The molecule has 2 aliphatic rings. The number of sulfone groups is 1. The Morgan fingerprint density at radius 2 is 1.69 bits per heavy atom. The van der Waals surface area contributed by atoms with Gasteiger partial charge < -0.3 is 4.74 Å². The lowest BCUT2D eigenvalue weighted by Crippen LogP contribution is -2.74. The first-order chi connectivity index (χ1) is 16.3. The van der Waals surface area contributed by atoms with Gasteiger partial charge in [-0.15, -0.1) is 10.2 Å². The Bertz CT molecular complexity index is 1330. The smallest absolute Gasteiger partial charge is 0.260 e. The number of β-lactam (4-membered cyclic amide) rings is 1. The second kappa shape index (κ2) is 8.63. The van der Waals surface area contributed by atoms with Gasteiger partial charge in [0.15, 0.2) is 27.1 Å². The van der Waals surface area contributed by atoms with Gasteiger partial charge in [-0.1, -0.05) is 44.3 Å². The van der Waals surface area contributed by atoms with Crippen LogP contribution in [0.1, 0.15) is 27.7 Å². The number of amides is 1. The zero-order valence-corrected chi connectivity index (χ0v) is 22.6. The van der Waals surface area contributed by atoms with E-state index in [9.17, 15) is 18.0 Å². The highest BCUT2D eigenvalue weighted by atomic mass is 32.3. The molecule has 1 fully saturated rings. The van der Waals surface area contributed by atoms with E-state index in [1.807, 2.05) is 0 Å². The molecule has 35 heavy (non-hydrogen) atoms. The lowest BCUT2D eigenvalue weighted by atomic mass is 9.85. The first kappa shape index (κ1) is 25.7. The van der Waals surface area contributed by atoms with E-state index in [0.717, 1.165) is 28.4 Å². The highest BCUT2D eigenvalue weighted by Gasteiger charge is 2.68. The summed E-state index contributed by atoms with van der Waals surface area (Å²) in [6, 6.07) is 0. The van der Waals surface area contributed by atoms with Crippen LogP contribution in [0, 0.1) is 5.41 Å². The number of nitrogens with zero attached hydrogens (tertiary/aromatic N) is 9. The molecule has 0 aliphatic carbocycles. The zero-order valence-electron chi connectivity index (χ0n) is 20.2. The van der Waals surface area contributed by atoms with Crippen molar-refractivity contribution in [3.8, 4) is 0 Å². The Morgan fingerprint density at radius 3 is 2.17 bits per heavy atom. The summed E-state index contributed by atoms with van der Waals surface area (Å²) >= 11 is 2.06. The van der Waals surface area contributed by atoms with E-state index in [4.69, 9.17) is 4.74 Å². The van der Waals surface area contributed by atoms with Gasteiger partial charge in [0, 0.05) is 32.4 Å². The predicted molar refractivity (Wildman–Crippen MR) is 124 cm³/mol. The third-order valence-electron chi connectivity index (χ3n) is 5.87. The molecule has 0 saturated carbocycles. The Hall–Kier alpha value is -2.37. The normalized spacial score (nSPS) is 26.0. The zero-order chi connectivity index (χ0) is 25.9. The maximum Gasteiger partial charge on any atom is 0.260 e. The summed E-state index contributed by atoms with van der Waals surface area (Å²) in [6.45, 7) is 6.65. The number of hydrogen-bond donors (Lipinski definition) is 0. The number of allylic oxidation sites excluding steroid dienone is 1. The summed E-state index contributed by atoms with van der Waals surface area (Å²) in [4.78, 5) is 27.9. The molecule has 2 aliphatic heterocycles. The molecule has 0 spiro atoms. The van der Waals surface area contributed by atoms with Crippen molar-refractivity contribution in [3.63, 3.8) is 0 Å². The number of aryl methyl sites for hydroxylation is 2. The summed E-state index contributed by atoms with van der Waals surface area (Å²) in [5, 5.41) is 22.0. The van der Waals surface area contributed by atoms with Crippen LogP contribution in [-0.4, -0.2) is 93.8 Å². The molecule has 1 unspecified atom stereocenters. The maximum atomic E-state index is 14.1. The van der Waals surface area contributed by atoms with Gasteiger partial charge in [-0.3, -0.25) is 14.5 Å². The SMILES string of the molecule is CO[C@H]1C(=O)N2C(C(=O)C(C)(C)C)=C(CSc3nnnn3C)C(C)(Sc3nnnn3C)S(=O)(=O)[C@H]12. The van der Waals surface area contributed by atoms with Crippen molar-refractivity contribution in [1.82, 2.24) is 45.3 Å². The maximum absolute atomic E-state index is 14.1. The minimum atomic E-state index is -4.16. The van der Waals surface area contributed by atoms with E-state index < -0.39 is 36.7 Å². The van der Waals surface area contributed by atoms with Crippen LogP contribution in [0.3, 0.4) is 0 Å². The molecule has 0 N–H and O–H groups in total. The Kier molecular flexibility index (Phi) is 6.34. The fourth-order valence-corrected chi connectivity index (χ4v) is 8.92. The number of hydrogen-bond acceptors (Lipinski definition) is 13. The van der Waals surface area contributed by atoms with Gasteiger partial charge in [0.2, 0.25) is 10.3 Å². The van der Waals surface area contributed by atoms with Crippen LogP contribution in [-0.2, 0) is 38.3 Å². The van der Waals surface area contributed by atoms with Crippen LogP contribution in [0.4, 0.5) is 0 Å². The van der Waals surface area contributed by atoms with Gasteiger partial charge in [0.25, 0.3) is 5.91 Å². The molecule has 1 amide bonds. The first-order valence-electron chi connectivity index (χ1n) is 10.4. The van der Waals surface area contributed by atoms with Crippen molar-refractivity contribution in [1.29, 1.82) is 0 Å². The molecule has 0 bridgehead atoms. The van der Waals surface area contributed by atoms with E-state index in [2.05, 4.69) is 31.1 Å². The van der Waals surface area contributed by atoms with Gasteiger partial charge in [-0.25, -0.2) is 17.8 Å². The quantitative estimate of drug-likeness (QED) is 0.333. The molecule has 14 nitrogen and oxygen atoms in total. The van der Waals surface area contributed by atoms with Crippen LogP contribution in [0.2, 0.25) is 0 Å². The van der Waals surface area contributed by atoms with Gasteiger partial charge in [0.1, 0.15) is 4.08 Å². The average molecular weight is 544 g/mol. The minimum absolute atomic E-state index is 0.0214. The number of thioether (sulfide) groups is 2. The van der Waals surface area contributed by atoms with Gasteiger partial charge >= 0.3 is 0 Å². The highest BCUT2D eigenvalue weighted by molar-refractivity contribution is 8.15. The number of ether oxygens (including phenoxy) is 1. The summed E-state index contributed by atoms with van der Waals surface area (Å²) < 4.78 is 34.6. The largest absolute Gasteiger partial charge is 0.368 e. The average Bonchev–Trinajstić information content (AvgIpc) is 3.36. The van der Waals surface area contributed by atoms with Crippen molar-refractivity contribution in [2.45, 2.75) is 53.6 Å². The monoisotopic (exact) mass is 543 g/mol. The van der Waals surface area contributed by atoms with Gasteiger partial charge in [0.05, 0.1) is 5.70 Å². The number of aromatic nitrogens is 8. The second-order valence-electron chi connectivity index (χ2n) is 9.21. The van der Waals surface area contributed by atoms with E-state index in [-0.39, 0.29) is 28.0 Å². The fourth-order valence-electron chi connectivity index (χ4n) is 3.84. The van der Waals surface area contributed by atoms with Crippen molar-refractivity contribution < 1.29 is 22.7 Å². The van der Waals surface area contributed by atoms with Gasteiger partial charge in [-0.2, -0.15) is 0 Å². The third kappa shape index (κ3) is 3.88. The number of carbonyl (C=O) groups excluding carboxylic acids is 2. The summed E-state index contributed by atoms with van der Waals surface area (Å²) in [6.07, 6.45) is -1.22. The number of Topliss-reactive ketones (excluding diaryl/α,β-unsaturated/α-hetero) is 1. The van der Waals surface area contributed by atoms with Crippen molar-refractivity contribution in [2.75, 3.05) is 12.9 Å². The molecule has 190 valence electrons. The Labute approximate surface area is 210 Å². The molecule has 0 radical (unpaired) electrons. The number of carbonyl (C=O) groups is 2. The third-order valence-corrected chi connectivity index (χ3v) is 11.4. The van der Waals surface area contributed by atoms with Crippen LogP contribution >= 0.6 is 23.5 Å². The standard InChI is InChI=1S/C18H25N9O5S3/c1-17(2,3)12(28)10-9(8-33-15-19-21-23-25(15)5)18(4,34-16-20-22-24-26(16)6)35(30,31)14-11(32-7)13(29)27(10)14/h11,14H,8H2,1-7H3/t11-,14+,18?/m0/s1. The highest BCUT2D eigenvalue weighted by Crippen LogP contribution is 2.54. The molecule has 17 heteroatoms. The number of ketones is 1. The molecule has 0 aromatic carbocycles. The molecule has 2 aromatic heterocycles. The fraction of sp³-hybridized carbons (Fsp3) is 0.667. The molecule has 4 heterocycles. The van der Waals surface area contributed by atoms with Crippen molar-refractivity contribution in [3.05, 3.63) is 11.3 Å². The van der Waals surface area contributed by atoms with Crippen molar-refractivity contribution >= 4 is 45.1 Å². The number of rotatable bonds is 7. The van der Waals surface area contributed by atoms with Crippen LogP contribution < -0.4 is 0 Å². The number of fused-ring (bicyclic) bond motifs is 1. The van der Waals surface area contributed by atoms with E-state index in [1.54, 1.807) is 34.9 Å². The predicted octanol–water partition coefficient (Wildman–Crippen LogP) is -0.185. The summed E-state index contributed by atoms with van der Waals surface area (Å²) in [5.74, 6) is -0.924. The van der Waals surface area contributed by atoms with Crippen LogP contribution in [0.5, 0.6) is 0 Å². The molecular weight excluding hydrogens is 518 g/mol. The molecule has 4 rings (SSSR count). The van der Waals surface area contributed by atoms with Crippen LogP contribution in [0.25, 0.3) is 0 Å². The number of tetrazole rings is 2. The van der Waals surface area contributed by atoms with Gasteiger partial charge in [-0.05, 0) is 33.4 Å². The topological polar surface area (TPSA) is 168 Å². The van der Waals surface area contributed by atoms with E-state index >= 15 is 0 Å². The van der Waals surface area contributed by atoms with Crippen LogP contribution in [0.15, 0.2) is 21.6 Å². The minimum Gasteiger partial charge on any atom is -0.368 e. The number of methoxy groups -OCH3 is 1. The lowest BCUT2D eigenvalue weighted by molar-refractivity contribution is -0.161. The van der Waals surface area contributed by atoms with Crippen molar-refractivity contribution in [2.24, 2.45) is 19.5 Å². The Balaban J connectivity index is 1.97.